The van der Waals surface area contributed by atoms with E-state index in [1.165, 1.54) is 0 Å². The Kier molecular flexibility index (Phi) is 14.3. The number of hydrogen-bond donors (Lipinski definition) is 3. The fourth-order valence-corrected chi connectivity index (χ4v) is 10.2. The molecule has 1 spiro atoms. The number of esters is 1. The Morgan fingerprint density at radius 3 is 2.57 bits per heavy atom. The molecule has 1 amide bonds. The largest absolute Gasteiger partial charge is 0.462 e. The van der Waals surface area contributed by atoms with Crippen molar-refractivity contribution in [2.45, 2.75) is 166 Å². The van der Waals surface area contributed by atoms with Crippen LogP contribution in [0.25, 0.3) is 0 Å². The SMILES string of the molecule is CCC(C)[C@H]1OC2(CC[C@@H]1C)C[C@@H]1C[C@@H](C/C=C(\C)[C@@H](O[C@H]3C[C@H](OC)[C@@H](OC(=O)Nc4ccccc4)[C@H](C)O3)[C@@H](C)/C=C/C=C3\CO[C@@H]4[C@H](O)C(C)=C[C@@H](C(=O)O1)[C@]34O)O2. The topological polar surface area (TPSA) is 160 Å². The number of anilines is 1. The molecule has 61 heavy (non-hydrogen) atoms. The number of carbonyl (C=O) groups excluding carboxylic acids is 2. The molecule has 16 atom stereocenters. The second kappa shape index (κ2) is 19.1. The van der Waals surface area contributed by atoms with Crippen LogP contribution in [-0.2, 0) is 42.7 Å². The van der Waals surface area contributed by atoms with Crippen LogP contribution in [0.5, 0.6) is 0 Å². The fraction of sp³-hybridized carbons (Fsp3) is 0.667. The zero-order valence-corrected chi connectivity index (χ0v) is 37.0. The lowest BCUT2D eigenvalue weighted by molar-refractivity contribution is -0.340. The highest BCUT2D eigenvalue weighted by Crippen LogP contribution is 2.48. The number of carbonyl (C=O) groups is 2. The normalized spacial score (nSPS) is 43.3. The van der Waals surface area contributed by atoms with Crippen LogP contribution >= 0.6 is 0 Å². The minimum Gasteiger partial charge on any atom is -0.462 e. The predicted molar refractivity (Wildman–Crippen MR) is 227 cm³/mol. The van der Waals surface area contributed by atoms with Gasteiger partial charge in [-0.2, -0.15) is 0 Å². The zero-order chi connectivity index (χ0) is 43.6. The van der Waals surface area contributed by atoms with E-state index in [1.54, 1.807) is 38.3 Å². The number of para-hydroxylation sites is 1. The summed E-state index contributed by atoms with van der Waals surface area (Å²) in [5.74, 6) is -2.15. The summed E-state index contributed by atoms with van der Waals surface area (Å²) in [4.78, 5) is 27.2. The minimum atomic E-state index is -1.83. The molecule has 5 aliphatic heterocycles. The van der Waals surface area contributed by atoms with Gasteiger partial charge in [0.25, 0.3) is 0 Å². The van der Waals surface area contributed by atoms with E-state index in [2.05, 4.69) is 32.2 Å². The van der Waals surface area contributed by atoms with Gasteiger partial charge in [0.2, 0.25) is 0 Å². The number of amides is 1. The van der Waals surface area contributed by atoms with E-state index in [4.69, 9.17) is 37.9 Å². The molecule has 2 unspecified atom stereocenters. The summed E-state index contributed by atoms with van der Waals surface area (Å²) in [5.41, 5.74) is 0.757. The van der Waals surface area contributed by atoms with Gasteiger partial charge in [0.05, 0.1) is 31.0 Å². The average molecular weight is 850 g/mol. The first-order valence-corrected chi connectivity index (χ1v) is 22.3. The highest BCUT2D eigenvalue weighted by molar-refractivity contribution is 5.84. The number of fused-ring (bicyclic) bond motifs is 2. The van der Waals surface area contributed by atoms with Crippen molar-refractivity contribution in [3.05, 3.63) is 77.4 Å². The molecule has 0 radical (unpaired) electrons. The maximum Gasteiger partial charge on any atom is 0.412 e. The van der Waals surface area contributed by atoms with E-state index >= 15 is 0 Å². The Balaban J connectivity index is 1.18. The fourth-order valence-electron chi connectivity index (χ4n) is 10.2. The quantitative estimate of drug-likeness (QED) is 0.186. The van der Waals surface area contributed by atoms with Gasteiger partial charge in [-0.15, -0.1) is 0 Å². The molecular formula is C48H67NO12. The summed E-state index contributed by atoms with van der Waals surface area (Å²) < 4.78 is 51.3. The number of allylic oxidation sites excluding steroid dienone is 2. The van der Waals surface area contributed by atoms with Crippen LogP contribution in [-0.4, -0.2) is 109 Å². The van der Waals surface area contributed by atoms with Crippen LogP contribution in [0.4, 0.5) is 10.5 Å². The molecule has 1 aromatic carbocycles. The molecule has 0 aromatic heterocycles. The molecule has 4 saturated heterocycles. The zero-order valence-electron chi connectivity index (χ0n) is 37.0. The summed E-state index contributed by atoms with van der Waals surface area (Å²) in [6, 6.07) is 9.09. The molecule has 2 bridgehead atoms. The number of aliphatic hydroxyl groups is 2. The number of hydrogen-bond acceptors (Lipinski definition) is 12. The third-order valence-corrected chi connectivity index (χ3v) is 13.9. The summed E-state index contributed by atoms with van der Waals surface area (Å²) in [5, 5.41) is 26.5. The van der Waals surface area contributed by atoms with Crippen LogP contribution in [0.3, 0.4) is 0 Å². The van der Waals surface area contributed by atoms with Gasteiger partial charge in [0.1, 0.15) is 35.9 Å². The summed E-state index contributed by atoms with van der Waals surface area (Å²) >= 11 is 0. The maximum atomic E-state index is 14.3. The maximum absolute atomic E-state index is 14.3. The summed E-state index contributed by atoms with van der Waals surface area (Å²) in [6.07, 6.45) is 7.01. The lowest BCUT2D eigenvalue weighted by Crippen LogP contribution is -2.58. The molecule has 13 nitrogen and oxygen atoms in total. The van der Waals surface area contributed by atoms with Crippen molar-refractivity contribution < 1.29 is 57.7 Å². The van der Waals surface area contributed by atoms with Crippen molar-refractivity contribution in [2.24, 2.45) is 23.7 Å². The van der Waals surface area contributed by atoms with Crippen LogP contribution in [0.1, 0.15) is 93.4 Å². The van der Waals surface area contributed by atoms with Gasteiger partial charge in [-0.05, 0) is 74.3 Å². The monoisotopic (exact) mass is 849 g/mol. The Bertz CT molecular complexity index is 1830. The van der Waals surface area contributed by atoms with Gasteiger partial charge in [-0.3, -0.25) is 10.1 Å². The molecule has 0 saturated carbocycles. The molecule has 3 N–H and O–H groups in total. The van der Waals surface area contributed by atoms with Crippen molar-refractivity contribution in [1.29, 1.82) is 0 Å². The van der Waals surface area contributed by atoms with Crippen molar-refractivity contribution in [3.8, 4) is 0 Å². The summed E-state index contributed by atoms with van der Waals surface area (Å²) in [7, 11) is 1.59. The van der Waals surface area contributed by atoms with Crippen molar-refractivity contribution >= 4 is 17.7 Å². The van der Waals surface area contributed by atoms with Gasteiger partial charge in [-0.25, -0.2) is 4.79 Å². The van der Waals surface area contributed by atoms with Gasteiger partial charge >= 0.3 is 12.1 Å². The van der Waals surface area contributed by atoms with E-state index < -0.39 is 78.4 Å². The molecule has 5 heterocycles. The molecule has 4 fully saturated rings. The number of methoxy groups -OCH3 is 1. The lowest BCUT2D eigenvalue weighted by Gasteiger charge is -2.51. The second-order valence-electron chi connectivity index (χ2n) is 18.3. The number of aliphatic hydroxyl groups excluding tert-OH is 1. The lowest BCUT2D eigenvalue weighted by atomic mass is 9.71. The first kappa shape index (κ1) is 45.6. The van der Waals surface area contributed by atoms with Crippen LogP contribution in [0.2, 0.25) is 0 Å². The molecule has 336 valence electrons. The second-order valence-corrected chi connectivity index (χ2v) is 18.3. The van der Waals surface area contributed by atoms with E-state index in [-0.39, 0.29) is 24.7 Å². The van der Waals surface area contributed by atoms with E-state index in [0.717, 1.165) is 18.4 Å². The molecule has 1 aromatic rings. The number of nitrogens with one attached hydrogen (secondary N) is 1. The van der Waals surface area contributed by atoms with Crippen LogP contribution < -0.4 is 5.32 Å². The van der Waals surface area contributed by atoms with Crippen molar-refractivity contribution in [1.82, 2.24) is 0 Å². The van der Waals surface area contributed by atoms with Crippen molar-refractivity contribution in [2.75, 3.05) is 19.0 Å². The molecule has 6 aliphatic rings. The summed E-state index contributed by atoms with van der Waals surface area (Å²) in [6.45, 7) is 14.3. The standard InChI is InChI=1S/C48H67NO12/c1-9-27(2)42-30(5)20-21-47(61-42)25-36-23-35(60-47)19-18-29(4)41(58-39-24-38(54-8)43(32(7)56-39)59-46(52)49-34-16-11-10-12-17-34)28(3)14-13-15-33-26-55-44-40(50)31(6)22-37(45(51)57-36)48(33,44)53/h10-18,22,27-28,30,32,35-44,50,53H,9,19-21,23-26H2,1-8H3,(H,49,52)/b14-13+,29-18+,33-15+/t27?,28-,30-,32-,35+,36-,37-,38-,39-,40+,41-,42+,43-,44+,47?,48+/m0/s1. The van der Waals surface area contributed by atoms with Gasteiger partial charge < -0.3 is 48.1 Å². The minimum absolute atomic E-state index is 0.0123. The van der Waals surface area contributed by atoms with Gasteiger partial charge in [0, 0.05) is 44.4 Å². The first-order valence-electron chi connectivity index (χ1n) is 22.3. The Labute approximate surface area is 360 Å². The van der Waals surface area contributed by atoms with E-state index in [0.29, 0.717) is 60.8 Å². The number of benzene rings is 1. The predicted octanol–water partition coefficient (Wildman–Crippen LogP) is 7.32. The van der Waals surface area contributed by atoms with Gasteiger partial charge in [-0.1, -0.05) is 82.7 Å². The molecule has 7 rings (SSSR count). The molecule has 1 aliphatic carbocycles. The van der Waals surface area contributed by atoms with E-state index in [1.807, 2.05) is 51.1 Å². The highest BCUT2D eigenvalue weighted by Gasteiger charge is 2.60. The van der Waals surface area contributed by atoms with Crippen LogP contribution in [0, 0.1) is 23.7 Å². The highest BCUT2D eigenvalue weighted by atomic mass is 16.7. The smallest absolute Gasteiger partial charge is 0.412 e. The molecular weight excluding hydrogens is 783 g/mol. The van der Waals surface area contributed by atoms with Gasteiger partial charge in [0.15, 0.2) is 18.2 Å². The Morgan fingerprint density at radius 1 is 1.07 bits per heavy atom. The molecule has 13 heteroatoms. The number of rotatable bonds is 7. The van der Waals surface area contributed by atoms with Crippen molar-refractivity contribution in [3.63, 3.8) is 0 Å². The first-order chi connectivity index (χ1) is 29.1. The Morgan fingerprint density at radius 2 is 1.84 bits per heavy atom. The third kappa shape index (κ3) is 9.74. The van der Waals surface area contributed by atoms with Crippen LogP contribution in [0.15, 0.2) is 77.4 Å². The van der Waals surface area contributed by atoms with E-state index in [9.17, 15) is 19.8 Å². The Hall–Kier alpha value is -3.40. The number of ether oxygens (including phenoxy) is 8. The third-order valence-electron chi connectivity index (χ3n) is 13.9. The average Bonchev–Trinajstić information content (AvgIpc) is 3.58.